The molecule has 0 saturated carbocycles. The Kier molecular flexibility index (Phi) is 5.27. The van der Waals surface area contributed by atoms with E-state index in [1.165, 1.54) is 12.1 Å². The third-order valence-corrected chi connectivity index (χ3v) is 3.29. The van der Waals surface area contributed by atoms with E-state index < -0.39 is 18.5 Å². The Balaban J connectivity index is 1.89. The van der Waals surface area contributed by atoms with E-state index in [1.807, 2.05) is 0 Å². The second-order valence-electron chi connectivity index (χ2n) is 3.85. The lowest BCUT2D eigenvalue weighted by Crippen LogP contribution is -2.20. The lowest BCUT2D eigenvalue weighted by Gasteiger charge is -2.07. The highest BCUT2D eigenvalue weighted by molar-refractivity contribution is 9.10. The Morgan fingerprint density at radius 3 is 2.62 bits per heavy atom. The van der Waals surface area contributed by atoms with E-state index in [0.29, 0.717) is 15.4 Å². The number of esters is 1. The normalized spacial score (nSPS) is 10.2. The van der Waals surface area contributed by atoms with Crippen LogP contribution < -0.4 is 5.32 Å². The first-order valence-electron chi connectivity index (χ1n) is 5.63. The number of ether oxygens (including phenoxy) is 1. The highest BCUT2D eigenvalue weighted by Gasteiger charge is 2.14. The van der Waals surface area contributed by atoms with Gasteiger partial charge in [0, 0.05) is 5.02 Å². The van der Waals surface area contributed by atoms with Crippen molar-refractivity contribution in [1.82, 2.24) is 0 Å². The smallest absolute Gasteiger partial charge is 0.374 e. The molecular weight excluding hydrogens is 385 g/mol. The van der Waals surface area contributed by atoms with Crippen LogP contribution in [0.2, 0.25) is 10.0 Å². The quantitative estimate of drug-likeness (QED) is 0.793. The number of hydrogen-bond donors (Lipinski definition) is 1. The predicted octanol–water partition coefficient (Wildman–Crippen LogP) is 4.14. The lowest BCUT2D eigenvalue weighted by molar-refractivity contribution is -0.119. The van der Waals surface area contributed by atoms with Crippen LogP contribution in [0.5, 0.6) is 0 Å². The number of hydrogen-bond acceptors (Lipinski definition) is 4. The van der Waals surface area contributed by atoms with E-state index in [4.69, 9.17) is 32.4 Å². The van der Waals surface area contributed by atoms with Gasteiger partial charge in [0.05, 0.1) is 10.7 Å². The van der Waals surface area contributed by atoms with Crippen LogP contribution in [-0.4, -0.2) is 18.5 Å². The van der Waals surface area contributed by atoms with E-state index in [0.717, 1.165) is 0 Å². The van der Waals surface area contributed by atoms with Crippen LogP contribution in [0.3, 0.4) is 0 Å². The van der Waals surface area contributed by atoms with Gasteiger partial charge in [0.2, 0.25) is 5.76 Å². The third kappa shape index (κ3) is 4.49. The monoisotopic (exact) mass is 391 g/mol. The van der Waals surface area contributed by atoms with Crippen molar-refractivity contribution in [2.45, 2.75) is 0 Å². The molecule has 0 fully saturated rings. The van der Waals surface area contributed by atoms with Crippen LogP contribution in [0, 0.1) is 0 Å². The number of halogens is 3. The molecule has 0 radical (unpaired) electrons. The van der Waals surface area contributed by atoms with Crippen LogP contribution >= 0.6 is 39.1 Å². The van der Waals surface area contributed by atoms with Crippen LogP contribution in [-0.2, 0) is 9.53 Å². The molecule has 0 saturated heterocycles. The molecule has 0 spiro atoms. The number of rotatable bonds is 4. The van der Waals surface area contributed by atoms with Crippen LogP contribution in [0.4, 0.5) is 5.69 Å². The first kappa shape index (κ1) is 15.9. The lowest BCUT2D eigenvalue weighted by atomic mass is 10.3. The van der Waals surface area contributed by atoms with Crippen molar-refractivity contribution in [2.24, 2.45) is 0 Å². The van der Waals surface area contributed by atoms with Crippen molar-refractivity contribution in [3.63, 3.8) is 0 Å². The number of nitrogens with one attached hydrogen (secondary N) is 1. The molecule has 1 N–H and O–H groups in total. The average Bonchev–Trinajstić information content (AvgIpc) is 2.86. The molecule has 1 heterocycles. The molecule has 0 atom stereocenters. The third-order valence-electron chi connectivity index (χ3n) is 2.31. The number of furan rings is 1. The fourth-order valence-corrected chi connectivity index (χ4v) is 2.17. The largest absolute Gasteiger partial charge is 0.450 e. The Bertz CT molecular complexity index is 687. The van der Waals surface area contributed by atoms with E-state index in [2.05, 4.69) is 21.2 Å². The summed E-state index contributed by atoms with van der Waals surface area (Å²) < 4.78 is 10.2. The minimum absolute atomic E-state index is 0.000740. The summed E-state index contributed by atoms with van der Waals surface area (Å²) in [7, 11) is 0. The molecular formula is C13H8BrCl2NO4. The highest BCUT2D eigenvalue weighted by atomic mass is 79.9. The summed E-state index contributed by atoms with van der Waals surface area (Å²) >= 11 is 14.7. The molecule has 5 nitrogen and oxygen atoms in total. The summed E-state index contributed by atoms with van der Waals surface area (Å²) in [5, 5.41) is 3.24. The molecule has 0 aliphatic rings. The van der Waals surface area contributed by atoms with Gasteiger partial charge >= 0.3 is 5.97 Å². The average molecular weight is 393 g/mol. The van der Waals surface area contributed by atoms with Gasteiger partial charge in [0.1, 0.15) is 0 Å². The Labute approximate surface area is 138 Å². The van der Waals surface area contributed by atoms with Crippen molar-refractivity contribution in [1.29, 1.82) is 0 Å². The summed E-state index contributed by atoms with van der Waals surface area (Å²) in [5.74, 6) is -1.27. The molecule has 2 aromatic rings. The highest BCUT2D eigenvalue weighted by Crippen LogP contribution is 2.25. The minimum atomic E-state index is -0.738. The Hall–Kier alpha value is -1.50. The second kappa shape index (κ2) is 6.98. The molecule has 1 aromatic carbocycles. The summed E-state index contributed by atoms with van der Waals surface area (Å²) in [6.07, 6.45) is 0. The van der Waals surface area contributed by atoms with Gasteiger partial charge in [0.25, 0.3) is 5.91 Å². The first-order chi connectivity index (χ1) is 9.95. The molecule has 0 unspecified atom stereocenters. The zero-order chi connectivity index (χ0) is 15.4. The van der Waals surface area contributed by atoms with Gasteiger partial charge in [-0.25, -0.2) is 4.79 Å². The van der Waals surface area contributed by atoms with Gasteiger partial charge in [-0.05, 0) is 46.3 Å². The van der Waals surface area contributed by atoms with Gasteiger partial charge in [-0.3, -0.25) is 4.79 Å². The molecule has 21 heavy (non-hydrogen) atoms. The van der Waals surface area contributed by atoms with Gasteiger partial charge < -0.3 is 14.5 Å². The van der Waals surface area contributed by atoms with Gasteiger partial charge in [0.15, 0.2) is 11.3 Å². The van der Waals surface area contributed by atoms with Crippen molar-refractivity contribution >= 4 is 56.7 Å². The fraction of sp³-hybridized carbons (Fsp3) is 0.0769. The maximum absolute atomic E-state index is 11.7. The molecule has 0 bridgehead atoms. The summed E-state index contributed by atoms with van der Waals surface area (Å²) in [6.45, 7) is -0.462. The SMILES string of the molecule is O=C(COC(=O)c1ccc(Br)o1)Nc1ccc(Cl)cc1Cl. The van der Waals surface area contributed by atoms with Crippen molar-refractivity contribution in [3.05, 3.63) is 50.8 Å². The van der Waals surface area contributed by atoms with Gasteiger partial charge in [-0.15, -0.1) is 0 Å². The topological polar surface area (TPSA) is 68.5 Å². The van der Waals surface area contributed by atoms with E-state index in [1.54, 1.807) is 18.2 Å². The van der Waals surface area contributed by atoms with E-state index >= 15 is 0 Å². The molecule has 0 aliphatic heterocycles. The molecule has 0 aliphatic carbocycles. The van der Waals surface area contributed by atoms with Crippen LogP contribution in [0.15, 0.2) is 39.4 Å². The molecule has 1 aromatic heterocycles. The number of amides is 1. The Morgan fingerprint density at radius 2 is 2.00 bits per heavy atom. The summed E-state index contributed by atoms with van der Waals surface area (Å²) in [4.78, 5) is 23.2. The van der Waals surface area contributed by atoms with E-state index in [9.17, 15) is 9.59 Å². The fourth-order valence-electron chi connectivity index (χ4n) is 1.40. The molecule has 1 amide bonds. The number of carbonyl (C=O) groups is 2. The summed E-state index contributed by atoms with van der Waals surface area (Å²) in [5.41, 5.74) is 0.378. The number of anilines is 1. The Morgan fingerprint density at radius 1 is 1.24 bits per heavy atom. The minimum Gasteiger partial charge on any atom is -0.450 e. The van der Waals surface area contributed by atoms with Gasteiger partial charge in [-0.2, -0.15) is 0 Å². The molecule has 110 valence electrons. The van der Waals surface area contributed by atoms with Crippen molar-refractivity contribution in [2.75, 3.05) is 11.9 Å². The molecule has 2 rings (SSSR count). The number of benzene rings is 1. The zero-order valence-electron chi connectivity index (χ0n) is 10.4. The first-order valence-corrected chi connectivity index (χ1v) is 7.18. The summed E-state index contributed by atoms with van der Waals surface area (Å²) in [6, 6.07) is 7.60. The zero-order valence-corrected chi connectivity index (χ0v) is 13.5. The van der Waals surface area contributed by atoms with Crippen LogP contribution in [0.1, 0.15) is 10.6 Å². The van der Waals surface area contributed by atoms with Crippen LogP contribution in [0.25, 0.3) is 0 Å². The molecule has 8 heteroatoms. The number of carbonyl (C=O) groups excluding carboxylic acids is 2. The van der Waals surface area contributed by atoms with Gasteiger partial charge in [-0.1, -0.05) is 23.2 Å². The maximum atomic E-state index is 11.7. The standard InChI is InChI=1S/C13H8BrCl2NO4/c14-11-4-3-10(21-11)13(19)20-6-12(18)17-9-2-1-7(15)5-8(9)16/h1-5H,6H2,(H,17,18). The van der Waals surface area contributed by atoms with Crippen molar-refractivity contribution in [3.8, 4) is 0 Å². The van der Waals surface area contributed by atoms with E-state index in [-0.39, 0.29) is 10.8 Å². The van der Waals surface area contributed by atoms with Crippen molar-refractivity contribution < 1.29 is 18.7 Å². The predicted molar refractivity (Wildman–Crippen MR) is 81.8 cm³/mol. The second-order valence-corrected chi connectivity index (χ2v) is 5.48. The maximum Gasteiger partial charge on any atom is 0.374 e.